The van der Waals surface area contributed by atoms with Gasteiger partial charge in [0.05, 0.1) is 18.4 Å². The first-order valence-corrected chi connectivity index (χ1v) is 8.37. The summed E-state index contributed by atoms with van der Waals surface area (Å²) in [6.45, 7) is 2.06. The van der Waals surface area contributed by atoms with E-state index < -0.39 is 0 Å². The molecule has 0 unspecified atom stereocenters. The van der Waals surface area contributed by atoms with E-state index in [4.69, 9.17) is 4.74 Å². The molecule has 0 amide bonds. The third-order valence-electron chi connectivity index (χ3n) is 3.64. The maximum absolute atomic E-state index is 9.53. The van der Waals surface area contributed by atoms with Gasteiger partial charge in [0.2, 0.25) is 0 Å². The van der Waals surface area contributed by atoms with Crippen LogP contribution < -0.4 is 4.74 Å². The van der Waals surface area contributed by atoms with Crippen molar-refractivity contribution >= 4 is 23.0 Å². The maximum Gasteiger partial charge on any atom is 0.134 e. The van der Waals surface area contributed by atoms with Crippen LogP contribution in [0.4, 0.5) is 0 Å². The van der Waals surface area contributed by atoms with Crippen LogP contribution in [0, 0.1) is 18.3 Å². The number of allylic oxidation sites excluding steroid dienone is 1. The lowest BCUT2D eigenvalue weighted by atomic mass is 10.1. The third-order valence-corrected chi connectivity index (χ3v) is 4.52. The zero-order valence-electron chi connectivity index (χ0n) is 13.5. The minimum absolute atomic E-state index is 0.530. The van der Waals surface area contributed by atoms with E-state index in [1.54, 1.807) is 7.11 Å². The van der Waals surface area contributed by atoms with E-state index in [0.717, 1.165) is 22.6 Å². The average molecular weight is 332 g/mol. The van der Waals surface area contributed by atoms with Crippen molar-refractivity contribution < 1.29 is 4.74 Å². The van der Waals surface area contributed by atoms with Crippen LogP contribution in [0.25, 0.3) is 22.9 Å². The molecule has 0 fully saturated rings. The molecule has 4 heteroatoms. The second kappa shape index (κ2) is 7.12. The first-order chi connectivity index (χ1) is 11.7. The molecule has 0 aliphatic heterocycles. The monoisotopic (exact) mass is 332 g/mol. The number of benzene rings is 2. The number of methoxy groups -OCH3 is 1. The van der Waals surface area contributed by atoms with E-state index in [0.29, 0.717) is 10.6 Å². The fourth-order valence-corrected chi connectivity index (χ4v) is 3.13. The molecule has 0 saturated carbocycles. The Morgan fingerprint density at radius 3 is 2.62 bits per heavy atom. The molecule has 0 aliphatic rings. The van der Waals surface area contributed by atoms with E-state index in [9.17, 15) is 5.26 Å². The summed E-state index contributed by atoms with van der Waals surface area (Å²) in [6, 6.07) is 18.1. The highest BCUT2D eigenvalue weighted by molar-refractivity contribution is 7.11. The Labute approximate surface area is 145 Å². The summed E-state index contributed by atoms with van der Waals surface area (Å²) < 4.78 is 5.34. The second-order valence-corrected chi connectivity index (χ2v) is 6.17. The van der Waals surface area contributed by atoms with Gasteiger partial charge >= 0.3 is 0 Å². The largest absolute Gasteiger partial charge is 0.496 e. The third kappa shape index (κ3) is 3.37. The molecule has 0 radical (unpaired) electrons. The molecule has 0 aliphatic carbocycles. The minimum atomic E-state index is 0.530. The Balaban J connectivity index is 1.96. The highest BCUT2D eigenvalue weighted by Gasteiger charge is 2.10. The van der Waals surface area contributed by atoms with Gasteiger partial charge in [-0.1, -0.05) is 48.0 Å². The summed E-state index contributed by atoms with van der Waals surface area (Å²) in [5.74, 6) is 0.737. The van der Waals surface area contributed by atoms with Gasteiger partial charge in [0.25, 0.3) is 0 Å². The molecule has 1 aromatic heterocycles. The molecule has 2 aromatic carbocycles. The predicted molar refractivity (Wildman–Crippen MR) is 98.8 cm³/mol. The lowest BCUT2D eigenvalue weighted by Crippen LogP contribution is -1.87. The lowest BCUT2D eigenvalue weighted by molar-refractivity contribution is 0.414. The summed E-state index contributed by atoms with van der Waals surface area (Å²) in [6.07, 6.45) is 1.82. The topological polar surface area (TPSA) is 45.9 Å². The Bertz CT molecular complexity index is 917. The van der Waals surface area contributed by atoms with Crippen LogP contribution in [-0.2, 0) is 0 Å². The first kappa shape index (κ1) is 16.0. The molecule has 3 aromatic rings. The van der Waals surface area contributed by atoms with Crippen LogP contribution in [0.15, 0.2) is 53.9 Å². The van der Waals surface area contributed by atoms with Gasteiger partial charge in [-0.25, -0.2) is 4.98 Å². The van der Waals surface area contributed by atoms with Gasteiger partial charge in [0.15, 0.2) is 0 Å². The first-order valence-electron chi connectivity index (χ1n) is 7.49. The second-order valence-electron chi connectivity index (χ2n) is 5.32. The zero-order chi connectivity index (χ0) is 16.9. The molecule has 24 heavy (non-hydrogen) atoms. The van der Waals surface area contributed by atoms with Gasteiger partial charge in [-0.2, -0.15) is 5.26 Å². The number of hydrogen-bond donors (Lipinski definition) is 0. The zero-order valence-corrected chi connectivity index (χ0v) is 14.3. The molecule has 3 rings (SSSR count). The fourth-order valence-electron chi connectivity index (χ4n) is 2.34. The Hall–Kier alpha value is -2.90. The highest BCUT2D eigenvalue weighted by atomic mass is 32.1. The molecule has 0 N–H and O–H groups in total. The van der Waals surface area contributed by atoms with E-state index in [2.05, 4.69) is 30.1 Å². The normalized spacial score (nSPS) is 11.1. The number of aryl methyl sites for hydroxylation is 1. The van der Waals surface area contributed by atoms with Crippen molar-refractivity contribution in [3.05, 3.63) is 70.0 Å². The summed E-state index contributed by atoms with van der Waals surface area (Å²) in [5.41, 5.74) is 4.54. The smallest absolute Gasteiger partial charge is 0.134 e. The minimum Gasteiger partial charge on any atom is -0.496 e. The summed E-state index contributed by atoms with van der Waals surface area (Å²) in [4.78, 5) is 4.62. The average Bonchev–Trinajstić information content (AvgIpc) is 3.10. The standard InChI is InChI=1S/C20H16N2OS/c1-14-7-9-15(10-8-14)18-13-24-20(22-18)17(12-21)11-16-5-3-4-6-19(16)23-2/h3-11,13H,1-2H3/b17-11+. The Morgan fingerprint density at radius 1 is 1.17 bits per heavy atom. The van der Waals surface area contributed by atoms with E-state index in [1.807, 2.05) is 47.9 Å². The number of rotatable bonds is 4. The van der Waals surface area contributed by atoms with Crippen molar-refractivity contribution in [3.8, 4) is 23.1 Å². The van der Waals surface area contributed by atoms with Crippen molar-refractivity contribution in [2.45, 2.75) is 6.92 Å². The van der Waals surface area contributed by atoms with Gasteiger partial charge in [-0.15, -0.1) is 11.3 Å². The van der Waals surface area contributed by atoms with Gasteiger partial charge in [-0.05, 0) is 19.1 Å². The highest BCUT2D eigenvalue weighted by Crippen LogP contribution is 2.29. The van der Waals surface area contributed by atoms with Crippen LogP contribution in [0.2, 0.25) is 0 Å². The Kier molecular flexibility index (Phi) is 4.74. The molecular formula is C20H16N2OS. The summed E-state index contributed by atoms with van der Waals surface area (Å²) >= 11 is 1.47. The lowest BCUT2D eigenvalue weighted by Gasteiger charge is -2.04. The molecule has 1 heterocycles. The molecule has 3 nitrogen and oxygen atoms in total. The van der Waals surface area contributed by atoms with Gasteiger partial charge in [0.1, 0.15) is 16.8 Å². The summed E-state index contributed by atoms with van der Waals surface area (Å²) in [5, 5.41) is 12.2. The number of para-hydroxylation sites is 1. The van der Waals surface area contributed by atoms with Crippen LogP contribution in [0.5, 0.6) is 5.75 Å². The van der Waals surface area contributed by atoms with E-state index in [1.165, 1.54) is 16.9 Å². The number of aromatic nitrogens is 1. The van der Waals surface area contributed by atoms with Crippen LogP contribution in [0.3, 0.4) is 0 Å². The summed E-state index contributed by atoms with van der Waals surface area (Å²) in [7, 11) is 1.62. The van der Waals surface area contributed by atoms with E-state index >= 15 is 0 Å². The van der Waals surface area contributed by atoms with Crippen molar-refractivity contribution in [1.82, 2.24) is 4.98 Å². The van der Waals surface area contributed by atoms with Crippen LogP contribution in [0.1, 0.15) is 16.1 Å². The maximum atomic E-state index is 9.53. The number of hydrogen-bond acceptors (Lipinski definition) is 4. The number of nitrogens with zero attached hydrogens (tertiary/aromatic N) is 2. The van der Waals surface area contributed by atoms with Gasteiger partial charge in [-0.3, -0.25) is 0 Å². The van der Waals surface area contributed by atoms with Crippen LogP contribution >= 0.6 is 11.3 Å². The fraction of sp³-hybridized carbons (Fsp3) is 0.100. The molecule has 0 saturated heterocycles. The van der Waals surface area contributed by atoms with Crippen molar-refractivity contribution in [1.29, 1.82) is 5.26 Å². The SMILES string of the molecule is COc1ccccc1/C=C(\C#N)c1nc(-c2ccc(C)cc2)cs1. The molecular weight excluding hydrogens is 316 g/mol. The van der Waals surface area contributed by atoms with Crippen LogP contribution in [-0.4, -0.2) is 12.1 Å². The van der Waals surface area contributed by atoms with E-state index in [-0.39, 0.29) is 0 Å². The van der Waals surface area contributed by atoms with Crippen molar-refractivity contribution in [2.24, 2.45) is 0 Å². The van der Waals surface area contributed by atoms with Gasteiger partial charge in [0, 0.05) is 16.5 Å². The number of nitriles is 1. The molecule has 0 spiro atoms. The number of ether oxygens (including phenoxy) is 1. The van der Waals surface area contributed by atoms with Crippen molar-refractivity contribution in [3.63, 3.8) is 0 Å². The Morgan fingerprint density at radius 2 is 1.92 bits per heavy atom. The molecule has 0 bridgehead atoms. The molecule has 0 atom stereocenters. The predicted octanol–water partition coefficient (Wildman–Crippen LogP) is 5.19. The quantitative estimate of drug-likeness (QED) is 0.618. The molecule has 118 valence electrons. The number of thiazole rings is 1. The van der Waals surface area contributed by atoms with Gasteiger partial charge < -0.3 is 4.74 Å². The van der Waals surface area contributed by atoms with Crippen molar-refractivity contribution in [2.75, 3.05) is 7.11 Å².